The third kappa shape index (κ3) is 2.82. The normalized spacial score (nSPS) is 19.0. The standard InChI is InChI=1S/C12H10N2O3S2/c1-7(11(16)17)14-10(15)9(19-12(14)18)6-8-2-4-13-5-3-8/h2-7H,1H3,(H,16,17)/b9-6+/t7-/m0/s1. The van der Waals surface area contributed by atoms with Gasteiger partial charge in [0.25, 0.3) is 5.91 Å². The maximum atomic E-state index is 12.1. The molecule has 7 heteroatoms. The van der Waals surface area contributed by atoms with Crippen molar-refractivity contribution in [2.24, 2.45) is 0 Å². The maximum Gasteiger partial charge on any atom is 0.326 e. The Morgan fingerprint density at radius 3 is 2.74 bits per heavy atom. The highest BCUT2D eigenvalue weighted by molar-refractivity contribution is 8.26. The summed E-state index contributed by atoms with van der Waals surface area (Å²) >= 11 is 6.17. The number of carbonyl (C=O) groups is 2. The van der Waals surface area contributed by atoms with E-state index in [4.69, 9.17) is 17.3 Å². The fourth-order valence-electron chi connectivity index (χ4n) is 1.54. The number of thioether (sulfide) groups is 1. The highest BCUT2D eigenvalue weighted by Gasteiger charge is 2.38. The zero-order valence-corrected chi connectivity index (χ0v) is 11.6. The molecule has 19 heavy (non-hydrogen) atoms. The number of nitrogens with zero attached hydrogens (tertiary/aromatic N) is 2. The van der Waals surface area contributed by atoms with Crippen molar-refractivity contribution < 1.29 is 14.7 Å². The number of aliphatic carboxylic acids is 1. The van der Waals surface area contributed by atoms with Crippen LogP contribution in [-0.2, 0) is 9.59 Å². The first kappa shape index (κ1) is 13.7. The summed E-state index contributed by atoms with van der Waals surface area (Å²) in [6.45, 7) is 1.43. The second-order valence-electron chi connectivity index (χ2n) is 3.85. The van der Waals surface area contributed by atoms with Gasteiger partial charge in [-0.15, -0.1) is 0 Å². The Kier molecular flexibility index (Phi) is 3.96. The molecule has 0 radical (unpaired) electrons. The number of hydrogen-bond donors (Lipinski definition) is 1. The molecule has 1 aliphatic rings. The lowest BCUT2D eigenvalue weighted by Crippen LogP contribution is -2.41. The van der Waals surface area contributed by atoms with Gasteiger partial charge in [0.05, 0.1) is 4.91 Å². The molecule has 0 aliphatic carbocycles. The Balaban J connectivity index is 2.28. The second kappa shape index (κ2) is 5.50. The Bertz CT molecular complexity index is 572. The van der Waals surface area contributed by atoms with Gasteiger partial charge < -0.3 is 5.11 Å². The Hall–Kier alpha value is -1.73. The van der Waals surface area contributed by atoms with E-state index in [-0.39, 0.29) is 10.2 Å². The van der Waals surface area contributed by atoms with Crippen molar-refractivity contribution in [3.8, 4) is 0 Å². The van der Waals surface area contributed by atoms with Crippen LogP contribution in [0.2, 0.25) is 0 Å². The van der Waals surface area contributed by atoms with E-state index in [0.29, 0.717) is 4.91 Å². The monoisotopic (exact) mass is 294 g/mol. The van der Waals surface area contributed by atoms with Gasteiger partial charge in [-0.2, -0.15) is 0 Å². The van der Waals surface area contributed by atoms with E-state index in [1.54, 1.807) is 30.6 Å². The SMILES string of the molecule is C[C@@H](C(=O)O)N1C(=O)/C(=C\c2ccncc2)SC1=S. The lowest BCUT2D eigenvalue weighted by molar-refractivity contribution is -0.144. The largest absolute Gasteiger partial charge is 0.480 e. The molecule has 0 unspecified atom stereocenters. The number of hydrogen-bond acceptors (Lipinski definition) is 5. The number of carboxylic acids is 1. The molecule has 1 N–H and O–H groups in total. The highest BCUT2D eigenvalue weighted by atomic mass is 32.2. The first-order chi connectivity index (χ1) is 9.00. The molecular formula is C12H10N2O3S2. The first-order valence-electron chi connectivity index (χ1n) is 5.40. The number of rotatable bonds is 3. The molecule has 1 amide bonds. The van der Waals surface area contributed by atoms with E-state index in [1.165, 1.54) is 6.92 Å². The fraction of sp³-hybridized carbons (Fsp3) is 0.167. The van der Waals surface area contributed by atoms with Crippen molar-refractivity contribution >= 4 is 46.3 Å². The molecule has 1 atom stereocenters. The molecule has 0 bridgehead atoms. The van der Waals surface area contributed by atoms with Crippen molar-refractivity contribution in [3.63, 3.8) is 0 Å². The molecule has 2 rings (SSSR count). The molecule has 1 saturated heterocycles. The van der Waals surface area contributed by atoms with Crippen LogP contribution in [0, 0.1) is 0 Å². The number of carbonyl (C=O) groups excluding carboxylic acids is 1. The topological polar surface area (TPSA) is 70.5 Å². The lowest BCUT2D eigenvalue weighted by atomic mass is 10.2. The van der Waals surface area contributed by atoms with Crippen LogP contribution in [0.4, 0.5) is 0 Å². The Morgan fingerprint density at radius 2 is 2.16 bits per heavy atom. The van der Waals surface area contributed by atoms with Gasteiger partial charge in [-0.05, 0) is 30.7 Å². The molecule has 0 aromatic carbocycles. The number of pyridine rings is 1. The van der Waals surface area contributed by atoms with Gasteiger partial charge in [-0.3, -0.25) is 14.7 Å². The van der Waals surface area contributed by atoms with Crippen LogP contribution in [0.25, 0.3) is 6.08 Å². The number of amides is 1. The molecule has 2 heterocycles. The van der Waals surface area contributed by atoms with E-state index in [9.17, 15) is 9.59 Å². The predicted molar refractivity (Wildman–Crippen MR) is 76.3 cm³/mol. The van der Waals surface area contributed by atoms with E-state index in [1.807, 2.05) is 0 Å². The fourth-order valence-corrected chi connectivity index (χ4v) is 2.95. The Morgan fingerprint density at radius 1 is 1.53 bits per heavy atom. The summed E-state index contributed by atoms with van der Waals surface area (Å²) in [6.07, 6.45) is 4.91. The summed E-state index contributed by atoms with van der Waals surface area (Å²) in [6, 6.07) is 2.55. The molecule has 1 aliphatic heterocycles. The van der Waals surface area contributed by atoms with Gasteiger partial charge in [0, 0.05) is 12.4 Å². The lowest BCUT2D eigenvalue weighted by Gasteiger charge is -2.18. The molecule has 98 valence electrons. The van der Waals surface area contributed by atoms with Gasteiger partial charge in [0.2, 0.25) is 0 Å². The van der Waals surface area contributed by atoms with Crippen molar-refractivity contribution in [3.05, 3.63) is 35.0 Å². The summed E-state index contributed by atoms with van der Waals surface area (Å²) in [4.78, 5) is 28.5. The minimum Gasteiger partial charge on any atom is -0.480 e. The van der Waals surface area contributed by atoms with Gasteiger partial charge >= 0.3 is 5.97 Å². The number of carboxylic acid groups (broad SMARTS) is 1. The maximum absolute atomic E-state index is 12.1. The average molecular weight is 294 g/mol. The highest BCUT2D eigenvalue weighted by Crippen LogP contribution is 2.33. The van der Waals surface area contributed by atoms with Crippen LogP contribution in [0.3, 0.4) is 0 Å². The van der Waals surface area contributed by atoms with Crippen LogP contribution in [0.1, 0.15) is 12.5 Å². The minimum atomic E-state index is -1.08. The zero-order valence-electron chi connectivity index (χ0n) is 9.94. The van der Waals surface area contributed by atoms with E-state index in [2.05, 4.69) is 4.98 Å². The van der Waals surface area contributed by atoms with E-state index in [0.717, 1.165) is 22.2 Å². The second-order valence-corrected chi connectivity index (χ2v) is 5.52. The zero-order chi connectivity index (χ0) is 14.0. The summed E-state index contributed by atoms with van der Waals surface area (Å²) < 4.78 is 0.264. The van der Waals surface area contributed by atoms with Gasteiger partial charge in [0.15, 0.2) is 0 Å². The van der Waals surface area contributed by atoms with Crippen LogP contribution < -0.4 is 0 Å². The van der Waals surface area contributed by atoms with Crippen LogP contribution in [0.5, 0.6) is 0 Å². The molecule has 0 saturated carbocycles. The molecule has 1 aromatic heterocycles. The van der Waals surface area contributed by atoms with Gasteiger partial charge in [0.1, 0.15) is 10.4 Å². The number of aromatic nitrogens is 1. The first-order valence-corrected chi connectivity index (χ1v) is 6.63. The third-order valence-electron chi connectivity index (χ3n) is 2.57. The summed E-state index contributed by atoms with van der Waals surface area (Å²) in [5, 5.41) is 8.96. The van der Waals surface area contributed by atoms with Crippen LogP contribution in [0.15, 0.2) is 29.4 Å². The van der Waals surface area contributed by atoms with Crippen LogP contribution in [-0.4, -0.2) is 37.2 Å². The molecular weight excluding hydrogens is 284 g/mol. The van der Waals surface area contributed by atoms with Crippen molar-refractivity contribution in [2.45, 2.75) is 13.0 Å². The molecule has 1 aromatic rings. The number of thiocarbonyl (C=S) groups is 1. The van der Waals surface area contributed by atoms with E-state index >= 15 is 0 Å². The van der Waals surface area contributed by atoms with Gasteiger partial charge in [-0.1, -0.05) is 24.0 Å². The van der Waals surface area contributed by atoms with Crippen molar-refractivity contribution in [1.82, 2.24) is 9.88 Å². The summed E-state index contributed by atoms with van der Waals surface area (Å²) in [5.41, 5.74) is 0.818. The average Bonchev–Trinajstić information content (AvgIpc) is 2.65. The van der Waals surface area contributed by atoms with Gasteiger partial charge in [-0.25, -0.2) is 4.79 Å². The van der Waals surface area contributed by atoms with Crippen molar-refractivity contribution in [1.29, 1.82) is 0 Å². The Labute approximate surface area is 119 Å². The quantitative estimate of drug-likeness (QED) is 0.676. The summed E-state index contributed by atoms with van der Waals surface area (Å²) in [7, 11) is 0. The van der Waals surface area contributed by atoms with E-state index < -0.39 is 12.0 Å². The molecule has 0 spiro atoms. The third-order valence-corrected chi connectivity index (χ3v) is 3.90. The van der Waals surface area contributed by atoms with Crippen LogP contribution >= 0.6 is 24.0 Å². The molecule has 1 fully saturated rings. The smallest absolute Gasteiger partial charge is 0.326 e. The summed E-state index contributed by atoms with van der Waals surface area (Å²) in [5.74, 6) is -1.46. The molecule has 5 nitrogen and oxygen atoms in total. The van der Waals surface area contributed by atoms with Crippen molar-refractivity contribution in [2.75, 3.05) is 0 Å². The minimum absolute atomic E-state index is 0.264. The predicted octanol–water partition coefficient (Wildman–Crippen LogP) is 1.76.